The number of thiophene rings is 1. The van der Waals surface area contributed by atoms with Gasteiger partial charge >= 0.3 is 0 Å². The van der Waals surface area contributed by atoms with Gasteiger partial charge in [0.25, 0.3) is 0 Å². The van der Waals surface area contributed by atoms with E-state index in [9.17, 15) is 0 Å². The maximum absolute atomic E-state index is 5.65. The van der Waals surface area contributed by atoms with E-state index in [0.717, 1.165) is 45.8 Å². The second-order valence-electron chi connectivity index (χ2n) is 6.82. The number of nitrogen functional groups attached to an aromatic ring is 1. The Labute approximate surface area is 172 Å². The quantitative estimate of drug-likeness (QED) is 0.561. The van der Waals surface area contributed by atoms with Crippen molar-refractivity contribution in [2.24, 2.45) is 0 Å². The van der Waals surface area contributed by atoms with E-state index in [0.29, 0.717) is 19.0 Å². The van der Waals surface area contributed by atoms with E-state index in [4.69, 9.17) is 20.4 Å². The van der Waals surface area contributed by atoms with E-state index in [2.05, 4.69) is 40.0 Å². The minimum atomic E-state index is 0.234. The van der Waals surface area contributed by atoms with Gasteiger partial charge in [-0.25, -0.2) is 19.9 Å². The van der Waals surface area contributed by atoms with Gasteiger partial charge in [-0.15, -0.1) is 11.3 Å². The molecule has 1 fully saturated rings. The third-order valence-electron chi connectivity index (χ3n) is 4.97. The highest BCUT2D eigenvalue weighted by Crippen LogP contribution is 2.41. The first-order valence-electron chi connectivity index (χ1n) is 9.39. The summed E-state index contributed by atoms with van der Waals surface area (Å²) in [6, 6.07) is 11.1. The van der Waals surface area contributed by atoms with Crippen LogP contribution in [0, 0.1) is 13.0 Å². The summed E-state index contributed by atoms with van der Waals surface area (Å²) >= 11 is 1.73. The van der Waals surface area contributed by atoms with Crippen LogP contribution in [0.5, 0.6) is 0 Å². The third kappa shape index (κ3) is 3.30. The number of aryl methyl sites for hydroxylation is 1. The lowest BCUT2D eigenvalue weighted by Gasteiger charge is -2.28. The lowest BCUT2D eigenvalue weighted by Crippen LogP contribution is -2.36. The van der Waals surface area contributed by atoms with E-state index < -0.39 is 0 Å². The fourth-order valence-corrected chi connectivity index (χ4v) is 4.73. The SMILES string of the molecule is Cc1c(-c2cc[c]cc2)sc2c(N3CCOCC3)nc(-c3cnc(N)nc3)nc12. The number of anilines is 2. The first-order valence-corrected chi connectivity index (χ1v) is 10.2. The number of rotatable bonds is 3. The summed E-state index contributed by atoms with van der Waals surface area (Å²) in [7, 11) is 0. The highest BCUT2D eigenvalue weighted by molar-refractivity contribution is 7.23. The van der Waals surface area contributed by atoms with Crippen LogP contribution >= 0.6 is 11.3 Å². The second-order valence-corrected chi connectivity index (χ2v) is 7.84. The van der Waals surface area contributed by atoms with Crippen LogP contribution < -0.4 is 10.6 Å². The Kier molecular flexibility index (Phi) is 4.57. The fourth-order valence-electron chi connectivity index (χ4n) is 3.46. The average Bonchev–Trinajstić information content (AvgIpc) is 3.11. The summed E-state index contributed by atoms with van der Waals surface area (Å²) in [5.41, 5.74) is 9.66. The molecule has 1 aromatic carbocycles. The molecule has 8 heteroatoms. The largest absolute Gasteiger partial charge is 0.378 e. The molecule has 1 saturated heterocycles. The average molecular weight is 403 g/mol. The number of ether oxygens (including phenoxy) is 1. The predicted molar refractivity (Wildman–Crippen MR) is 115 cm³/mol. The molecule has 0 bridgehead atoms. The molecule has 0 spiro atoms. The molecule has 3 aromatic heterocycles. The fraction of sp³-hybridized carbons (Fsp3) is 0.238. The van der Waals surface area contributed by atoms with Crippen molar-refractivity contribution in [3.05, 3.63) is 48.3 Å². The van der Waals surface area contributed by atoms with Crippen molar-refractivity contribution in [3.63, 3.8) is 0 Å². The zero-order valence-electron chi connectivity index (χ0n) is 15.9. The first-order chi connectivity index (χ1) is 14.2. The van der Waals surface area contributed by atoms with Crippen molar-refractivity contribution in [3.8, 4) is 21.8 Å². The van der Waals surface area contributed by atoms with Gasteiger partial charge in [0.15, 0.2) is 11.6 Å². The molecule has 7 nitrogen and oxygen atoms in total. The van der Waals surface area contributed by atoms with Crippen LogP contribution in [0.25, 0.3) is 32.0 Å². The molecule has 0 atom stereocenters. The van der Waals surface area contributed by atoms with Crippen molar-refractivity contribution < 1.29 is 4.74 Å². The van der Waals surface area contributed by atoms with Crippen molar-refractivity contribution in [1.82, 2.24) is 19.9 Å². The first kappa shape index (κ1) is 18.0. The number of hydrogen-bond donors (Lipinski definition) is 1. The monoisotopic (exact) mass is 403 g/mol. The molecule has 29 heavy (non-hydrogen) atoms. The van der Waals surface area contributed by atoms with Crippen LogP contribution in [-0.2, 0) is 4.74 Å². The minimum absolute atomic E-state index is 0.234. The van der Waals surface area contributed by atoms with Crippen LogP contribution in [0.15, 0.2) is 36.7 Å². The molecule has 4 heterocycles. The molecule has 0 amide bonds. The van der Waals surface area contributed by atoms with Crippen molar-refractivity contribution >= 4 is 33.3 Å². The second kappa shape index (κ2) is 7.38. The summed E-state index contributed by atoms with van der Waals surface area (Å²) in [5, 5.41) is 0. The standard InChI is InChI=1S/C21H19N6OS/c1-13-16-18(29-17(13)14-5-3-2-4-6-14)20(27-7-9-28-10-8-27)26-19(25-16)15-11-23-21(22)24-12-15/h3-6,11-12H,7-10H2,1H3,(H2,22,23,24). The number of hydrogen-bond acceptors (Lipinski definition) is 8. The Morgan fingerprint density at radius 1 is 1.07 bits per heavy atom. The smallest absolute Gasteiger partial charge is 0.219 e. The molecule has 4 aromatic rings. The maximum Gasteiger partial charge on any atom is 0.219 e. The third-order valence-corrected chi connectivity index (χ3v) is 6.29. The number of nitrogens with zero attached hydrogens (tertiary/aromatic N) is 5. The molecule has 145 valence electrons. The number of benzene rings is 1. The summed E-state index contributed by atoms with van der Waals surface area (Å²) in [6.45, 7) is 5.10. The number of aromatic nitrogens is 4. The van der Waals surface area contributed by atoms with Crippen molar-refractivity contribution in [2.45, 2.75) is 6.92 Å². The number of morpholine rings is 1. The molecule has 0 saturated carbocycles. The zero-order valence-corrected chi connectivity index (χ0v) is 16.7. The van der Waals surface area contributed by atoms with E-state index in [1.165, 1.54) is 4.88 Å². The summed E-state index contributed by atoms with van der Waals surface area (Å²) in [6.07, 6.45) is 3.34. The van der Waals surface area contributed by atoms with E-state index >= 15 is 0 Å². The Morgan fingerprint density at radius 3 is 2.52 bits per heavy atom. The highest BCUT2D eigenvalue weighted by atomic mass is 32.1. The number of nitrogens with two attached hydrogens (primary N) is 1. The van der Waals surface area contributed by atoms with Gasteiger partial charge in [-0.1, -0.05) is 24.3 Å². The van der Waals surface area contributed by atoms with Crippen molar-refractivity contribution in [2.75, 3.05) is 36.9 Å². The van der Waals surface area contributed by atoms with Crippen LogP contribution in [0.2, 0.25) is 0 Å². The molecule has 0 unspecified atom stereocenters. The van der Waals surface area contributed by atoms with Gasteiger partial charge in [0.1, 0.15) is 0 Å². The van der Waals surface area contributed by atoms with Gasteiger partial charge < -0.3 is 15.4 Å². The Morgan fingerprint density at radius 2 is 1.79 bits per heavy atom. The minimum Gasteiger partial charge on any atom is -0.378 e. The van der Waals surface area contributed by atoms with Gasteiger partial charge in [-0.05, 0) is 24.1 Å². The summed E-state index contributed by atoms with van der Waals surface area (Å²) in [4.78, 5) is 21.5. The summed E-state index contributed by atoms with van der Waals surface area (Å²) in [5.74, 6) is 1.78. The van der Waals surface area contributed by atoms with E-state index in [-0.39, 0.29) is 5.95 Å². The van der Waals surface area contributed by atoms with Crippen LogP contribution in [0.1, 0.15) is 5.56 Å². The maximum atomic E-state index is 5.65. The summed E-state index contributed by atoms with van der Waals surface area (Å²) < 4.78 is 6.63. The van der Waals surface area contributed by atoms with Gasteiger partial charge in [0.05, 0.1) is 29.0 Å². The molecule has 1 aliphatic rings. The van der Waals surface area contributed by atoms with Crippen LogP contribution in [0.4, 0.5) is 11.8 Å². The normalized spacial score (nSPS) is 14.4. The van der Waals surface area contributed by atoms with Gasteiger partial charge in [-0.2, -0.15) is 0 Å². The lowest BCUT2D eigenvalue weighted by molar-refractivity contribution is 0.122. The molecule has 0 aliphatic carbocycles. The molecular formula is C21H19N6OS. The van der Waals surface area contributed by atoms with Crippen molar-refractivity contribution in [1.29, 1.82) is 0 Å². The van der Waals surface area contributed by atoms with E-state index in [1.54, 1.807) is 23.7 Å². The van der Waals surface area contributed by atoms with Gasteiger partial charge in [0, 0.05) is 30.4 Å². The van der Waals surface area contributed by atoms with Crippen LogP contribution in [0.3, 0.4) is 0 Å². The molecule has 1 radical (unpaired) electrons. The molecular weight excluding hydrogens is 384 g/mol. The Hall–Kier alpha value is -3.10. The van der Waals surface area contributed by atoms with E-state index in [1.807, 2.05) is 12.1 Å². The lowest BCUT2D eigenvalue weighted by atomic mass is 10.1. The van der Waals surface area contributed by atoms with Gasteiger partial charge in [0.2, 0.25) is 5.95 Å². The Balaban J connectivity index is 1.73. The number of fused-ring (bicyclic) bond motifs is 1. The van der Waals surface area contributed by atoms with Gasteiger partial charge in [-0.3, -0.25) is 0 Å². The Bertz CT molecular complexity index is 1150. The molecule has 2 N–H and O–H groups in total. The predicted octanol–water partition coefficient (Wildman–Crippen LogP) is 3.34. The van der Waals surface area contributed by atoms with Crippen LogP contribution in [-0.4, -0.2) is 46.2 Å². The topological polar surface area (TPSA) is 90.0 Å². The zero-order chi connectivity index (χ0) is 19.8. The molecule has 1 aliphatic heterocycles. The highest BCUT2D eigenvalue weighted by Gasteiger charge is 2.22. The molecule has 5 rings (SSSR count).